The lowest BCUT2D eigenvalue weighted by Gasteiger charge is -2.18. The summed E-state index contributed by atoms with van der Waals surface area (Å²) in [5, 5.41) is 2.72. The van der Waals surface area contributed by atoms with E-state index in [4.69, 9.17) is 4.74 Å². The van der Waals surface area contributed by atoms with Gasteiger partial charge in [0.1, 0.15) is 12.2 Å². The standard InChI is InChI=1S/C15H22N2O3/c1-4-17(5-2)15(19)11-14(18)16-12-9-7-8-10-13(12)20-6-3/h7-10H,4-6,11H2,1-3H3,(H,16,18). The number of carbonyl (C=O) groups excluding carboxylic acids is 2. The Hall–Kier alpha value is -2.04. The molecular formula is C15H22N2O3. The van der Waals surface area contributed by atoms with Crippen molar-refractivity contribution in [2.75, 3.05) is 25.0 Å². The predicted octanol–water partition coefficient (Wildman–Crippen LogP) is 2.28. The van der Waals surface area contributed by atoms with E-state index in [-0.39, 0.29) is 18.2 Å². The fourth-order valence-electron chi connectivity index (χ4n) is 1.87. The highest BCUT2D eigenvalue weighted by molar-refractivity contribution is 6.04. The molecule has 0 fully saturated rings. The number of nitrogens with zero attached hydrogens (tertiary/aromatic N) is 1. The number of ether oxygens (including phenoxy) is 1. The first-order chi connectivity index (χ1) is 9.62. The van der Waals surface area contributed by atoms with Crippen LogP contribution in [0, 0.1) is 0 Å². The van der Waals surface area contributed by atoms with Crippen LogP contribution in [0.2, 0.25) is 0 Å². The van der Waals surface area contributed by atoms with Crippen molar-refractivity contribution >= 4 is 17.5 Å². The number of rotatable bonds is 7. The highest BCUT2D eigenvalue weighted by Crippen LogP contribution is 2.23. The summed E-state index contributed by atoms with van der Waals surface area (Å²) in [5.41, 5.74) is 0.590. The summed E-state index contributed by atoms with van der Waals surface area (Å²) in [6, 6.07) is 7.18. The number of anilines is 1. The molecule has 5 nitrogen and oxygen atoms in total. The molecule has 0 atom stereocenters. The van der Waals surface area contributed by atoms with Crippen LogP contribution in [0.3, 0.4) is 0 Å². The van der Waals surface area contributed by atoms with Crippen molar-refractivity contribution in [3.8, 4) is 5.75 Å². The van der Waals surface area contributed by atoms with E-state index in [2.05, 4.69) is 5.32 Å². The van der Waals surface area contributed by atoms with Gasteiger partial charge >= 0.3 is 0 Å². The van der Waals surface area contributed by atoms with Crippen LogP contribution in [0.4, 0.5) is 5.69 Å². The molecule has 0 radical (unpaired) electrons. The third-order valence-electron chi connectivity index (χ3n) is 2.89. The van der Waals surface area contributed by atoms with E-state index in [9.17, 15) is 9.59 Å². The molecule has 1 aromatic rings. The normalized spacial score (nSPS) is 9.95. The minimum absolute atomic E-state index is 0.151. The van der Waals surface area contributed by atoms with Gasteiger partial charge in [0.05, 0.1) is 12.3 Å². The first kappa shape index (κ1) is 16.0. The van der Waals surface area contributed by atoms with E-state index in [1.165, 1.54) is 0 Å². The van der Waals surface area contributed by atoms with Crippen LogP contribution in [-0.4, -0.2) is 36.4 Å². The van der Waals surface area contributed by atoms with Gasteiger partial charge in [-0.05, 0) is 32.9 Å². The summed E-state index contributed by atoms with van der Waals surface area (Å²) in [6.07, 6.45) is -0.151. The molecule has 0 saturated carbocycles. The average Bonchev–Trinajstić information content (AvgIpc) is 2.42. The fraction of sp³-hybridized carbons (Fsp3) is 0.467. The summed E-state index contributed by atoms with van der Waals surface area (Å²) >= 11 is 0. The summed E-state index contributed by atoms with van der Waals surface area (Å²) in [7, 11) is 0. The number of hydrogen-bond acceptors (Lipinski definition) is 3. The molecule has 20 heavy (non-hydrogen) atoms. The summed E-state index contributed by atoms with van der Waals surface area (Å²) in [6.45, 7) is 7.40. The molecule has 5 heteroatoms. The predicted molar refractivity (Wildman–Crippen MR) is 78.8 cm³/mol. The molecule has 0 saturated heterocycles. The van der Waals surface area contributed by atoms with E-state index >= 15 is 0 Å². The molecule has 110 valence electrons. The Morgan fingerprint density at radius 2 is 1.80 bits per heavy atom. The van der Waals surface area contributed by atoms with Gasteiger partial charge in [-0.2, -0.15) is 0 Å². The van der Waals surface area contributed by atoms with Gasteiger partial charge in [0.25, 0.3) is 0 Å². The molecule has 0 heterocycles. The van der Waals surface area contributed by atoms with Gasteiger partial charge in [0, 0.05) is 13.1 Å². The minimum Gasteiger partial charge on any atom is -0.492 e. The smallest absolute Gasteiger partial charge is 0.233 e. The lowest BCUT2D eigenvalue weighted by Crippen LogP contribution is -2.33. The Kier molecular flexibility index (Phi) is 6.56. The quantitative estimate of drug-likeness (QED) is 0.778. The van der Waals surface area contributed by atoms with Crippen molar-refractivity contribution < 1.29 is 14.3 Å². The first-order valence-electron chi connectivity index (χ1n) is 6.91. The van der Waals surface area contributed by atoms with Crippen LogP contribution >= 0.6 is 0 Å². The number of nitrogens with one attached hydrogen (secondary N) is 1. The van der Waals surface area contributed by atoms with Crippen molar-refractivity contribution in [1.82, 2.24) is 4.90 Å². The van der Waals surface area contributed by atoms with Crippen LogP contribution < -0.4 is 10.1 Å². The highest BCUT2D eigenvalue weighted by atomic mass is 16.5. The van der Waals surface area contributed by atoms with Gasteiger partial charge in [-0.3, -0.25) is 9.59 Å². The second kappa shape index (κ2) is 8.19. The van der Waals surface area contributed by atoms with Crippen LogP contribution in [-0.2, 0) is 9.59 Å². The monoisotopic (exact) mass is 278 g/mol. The SMILES string of the molecule is CCOc1ccccc1NC(=O)CC(=O)N(CC)CC. The van der Waals surface area contributed by atoms with Gasteiger partial charge in [-0.25, -0.2) is 0 Å². The topological polar surface area (TPSA) is 58.6 Å². The summed E-state index contributed by atoms with van der Waals surface area (Å²) in [4.78, 5) is 25.4. The number of para-hydroxylation sites is 2. The number of benzene rings is 1. The molecule has 0 aliphatic carbocycles. The Balaban J connectivity index is 2.65. The van der Waals surface area contributed by atoms with E-state index in [1.54, 1.807) is 17.0 Å². The molecular weight excluding hydrogens is 256 g/mol. The Labute approximate surface area is 119 Å². The molecule has 1 aromatic carbocycles. The zero-order valence-electron chi connectivity index (χ0n) is 12.3. The van der Waals surface area contributed by atoms with Crippen LogP contribution in [0.5, 0.6) is 5.75 Å². The van der Waals surface area contributed by atoms with Crippen LogP contribution in [0.15, 0.2) is 24.3 Å². The zero-order chi connectivity index (χ0) is 15.0. The minimum atomic E-state index is -0.325. The van der Waals surface area contributed by atoms with Gasteiger partial charge in [-0.1, -0.05) is 12.1 Å². The maximum Gasteiger partial charge on any atom is 0.233 e. The fourth-order valence-corrected chi connectivity index (χ4v) is 1.87. The molecule has 0 unspecified atom stereocenters. The van der Waals surface area contributed by atoms with E-state index in [1.807, 2.05) is 32.9 Å². The molecule has 0 aromatic heterocycles. The molecule has 2 amide bonds. The van der Waals surface area contributed by atoms with Gasteiger partial charge in [-0.15, -0.1) is 0 Å². The molecule has 1 N–H and O–H groups in total. The summed E-state index contributed by atoms with van der Waals surface area (Å²) < 4.78 is 5.42. The van der Waals surface area contributed by atoms with E-state index < -0.39 is 0 Å². The Bertz CT molecular complexity index is 456. The van der Waals surface area contributed by atoms with Crippen LogP contribution in [0.1, 0.15) is 27.2 Å². The van der Waals surface area contributed by atoms with E-state index in [0.29, 0.717) is 31.1 Å². The average molecular weight is 278 g/mol. The van der Waals surface area contributed by atoms with Crippen molar-refractivity contribution in [3.05, 3.63) is 24.3 Å². The first-order valence-corrected chi connectivity index (χ1v) is 6.91. The number of amides is 2. The van der Waals surface area contributed by atoms with Crippen LogP contribution in [0.25, 0.3) is 0 Å². The lowest BCUT2D eigenvalue weighted by molar-refractivity contribution is -0.134. The maximum absolute atomic E-state index is 11.9. The van der Waals surface area contributed by atoms with Crippen molar-refractivity contribution in [2.45, 2.75) is 27.2 Å². The van der Waals surface area contributed by atoms with Crippen molar-refractivity contribution in [3.63, 3.8) is 0 Å². The molecule has 0 spiro atoms. The number of carbonyl (C=O) groups is 2. The second-order valence-corrected chi connectivity index (χ2v) is 4.22. The highest BCUT2D eigenvalue weighted by Gasteiger charge is 2.15. The lowest BCUT2D eigenvalue weighted by atomic mass is 10.2. The van der Waals surface area contributed by atoms with Gasteiger partial charge in [0.2, 0.25) is 11.8 Å². The number of hydrogen-bond donors (Lipinski definition) is 1. The van der Waals surface area contributed by atoms with Gasteiger partial charge < -0.3 is 15.0 Å². The maximum atomic E-state index is 11.9. The molecule has 0 aliphatic heterocycles. The van der Waals surface area contributed by atoms with Crippen molar-refractivity contribution in [1.29, 1.82) is 0 Å². The molecule has 1 rings (SSSR count). The second-order valence-electron chi connectivity index (χ2n) is 4.22. The zero-order valence-corrected chi connectivity index (χ0v) is 12.3. The van der Waals surface area contributed by atoms with Gasteiger partial charge in [0.15, 0.2) is 0 Å². The van der Waals surface area contributed by atoms with Crippen molar-refractivity contribution in [2.24, 2.45) is 0 Å². The molecule has 0 bridgehead atoms. The Morgan fingerprint density at radius 1 is 1.15 bits per heavy atom. The molecule has 0 aliphatic rings. The third kappa shape index (κ3) is 4.57. The Morgan fingerprint density at radius 3 is 2.40 bits per heavy atom. The largest absolute Gasteiger partial charge is 0.492 e. The summed E-state index contributed by atoms with van der Waals surface area (Å²) in [5.74, 6) is 0.120. The third-order valence-corrected chi connectivity index (χ3v) is 2.89. The van der Waals surface area contributed by atoms with E-state index in [0.717, 1.165) is 0 Å².